The van der Waals surface area contributed by atoms with Gasteiger partial charge < -0.3 is 10.1 Å². The first-order valence-electron chi connectivity index (χ1n) is 7.55. The number of anilines is 1. The van der Waals surface area contributed by atoms with Crippen molar-refractivity contribution in [1.82, 2.24) is 10.2 Å². The molecule has 0 saturated carbocycles. The second-order valence-corrected chi connectivity index (χ2v) is 5.44. The van der Waals surface area contributed by atoms with E-state index in [0.717, 1.165) is 5.56 Å². The van der Waals surface area contributed by atoms with Gasteiger partial charge in [-0.25, -0.2) is 9.89 Å². The van der Waals surface area contributed by atoms with E-state index in [9.17, 15) is 14.4 Å². The Morgan fingerprint density at radius 1 is 1.12 bits per heavy atom. The van der Waals surface area contributed by atoms with Crippen LogP contribution < -0.4 is 10.9 Å². The van der Waals surface area contributed by atoms with E-state index in [4.69, 9.17) is 4.74 Å². The monoisotopic (exact) mass is 337 g/mol. The number of carbonyl (C=O) groups is 2. The third-order valence-corrected chi connectivity index (χ3v) is 3.53. The number of amides is 1. The summed E-state index contributed by atoms with van der Waals surface area (Å²) in [6.07, 6.45) is 0. The van der Waals surface area contributed by atoms with Crippen LogP contribution in [0.4, 0.5) is 5.69 Å². The predicted octanol–water partition coefficient (Wildman–Crippen LogP) is 2.03. The Kier molecular flexibility index (Phi) is 4.56. The summed E-state index contributed by atoms with van der Waals surface area (Å²) in [4.78, 5) is 35.8. The number of benzene rings is 2. The number of aryl methyl sites for hydroxylation is 1. The van der Waals surface area contributed by atoms with Gasteiger partial charge in [-0.2, -0.15) is 5.10 Å². The van der Waals surface area contributed by atoms with Gasteiger partial charge >= 0.3 is 5.97 Å². The van der Waals surface area contributed by atoms with Crippen molar-refractivity contribution in [3.8, 4) is 0 Å². The van der Waals surface area contributed by atoms with Crippen LogP contribution in [0, 0.1) is 6.92 Å². The third kappa shape index (κ3) is 3.72. The topological polar surface area (TPSA) is 101 Å². The minimum Gasteiger partial charge on any atom is -0.451 e. The van der Waals surface area contributed by atoms with Crippen LogP contribution in [0.2, 0.25) is 0 Å². The van der Waals surface area contributed by atoms with Crippen molar-refractivity contribution in [2.24, 2.45) is 0 Å². The van der Waals surface area contributed by atoms with E-state index in [1.54, 1.807) is 36.4 Å². The highest BCUT2D eigenvalue weighted by molar-refractivity contribution is 6.03. The molecule has 1 aromatic heterocycles. The van der Waals surface area contributed by atoms with Crippen molar-refractivity contribution in [3.63, 3.8) is 0 Å². The lowest BCUT2D eigenvalue weighted by atomic mass is 10.1. The highest BCUT2D eigenvalue weighted by Gasteiger charge is 2.16. The number of fused-ring (bicyclic) bond motifs is 1. The Morgan fingerprint density at radius 2 is 1.88 bits per heavy atom. The summed E-state index contributed by atoms with van der Waals surface area (Å²) < 4.78 is 5.00. The molecule has 1 heterocycles. The average molecular weight is 337 g/mol. The molecule has 0 aliphatic carbocycles. The summed E-state index contributed by atoms with van der Waals surface area (Å²) in [5.74, 6) is -1.25. The minimum absolute atomic E-state index is 0.0430. The fraction of sp³-hybridized carbons (Fsp3) is 0.111. The molecule has 25 heavy (non-hydrogen) atoms. The van der Waals surface area contributed by atoms with E-state index in [0.29, 0.717) is 16.5 Å². The van der Waals surface area contributed by atoms with Crippen molar-refractivity contribution < 1.29 is 14.3 Å². The van der Waals surface area contributed by atoms with E-state index in [1.807, 2.05) is 19.1 Å². The Bertz CT molecular complexity index is 1010. The number of nitrogens with zero attached hydrogens (tertiary/aromatic N) is 1. The molecule has 7 nitrogen and oxygen atoms in total. The molecule has 0 spiro atoms. The molecule has 0 unspecified atom stereocenters. The normalized spacial score (nSPS) is 10.4. The molecule has 126 valence electrons. The first-order chi connectivity index (χ1) is 12.0. The van der Waals surface area contributed by atoms with Gasteiger partial charge in [0.1, 0.15) is 0 Å². The number of H-pyrrole nitrogens is 1. The van der Waals surface area contributed by atoms with Gasteiger partial charge in [-0.05, 0) is 30.7 Å². The maximum atomic E-state index is 12.2. The lowest BCUT2D eigenvalue weighted by Gasteiger charge is -2.08. The molecule has 0 radical (unpaired) electrons. The summed E-state index contributed by atoms with van der Waals surface area (Å²) in [5.41, 5.74) is 1.18. The van der Waals surface area contributed by atoms with Crippen molar-refractivity contribution in [3.05, 3.63) is 70.1 Å². The minimum atomic E-state index is -0.785. The number of aromatic nitrogens is 2. The van der Waals surface area contributed by atoms with Gasteiger partial charge in [0.25, 0.3) is 11.5 Å². The zero-order valence-corrected chi connectivity index (χ0v) is 13.4. The molecular formula is C18H15N3O4. The number of esters is 1. The highest BCUT2D eigenvalue weighted by Crippen LogP contribution is 2.13. The smallest absolute Gasteiger partial charge is 0.359 e. The third-order valence-electron chi connectivity index (χ3n) is 3.53. The molecule has 0 bridgehead atoms. The zero-order valence-electron chi connectivity index (χ0n) is 13.4. The van der Waals surface area contributed by atoms with Gasteiger partial charge in [0.05, 0.1) is 5.39 Å². The second-order valence-electron chi connectivity index (χ2n) is 5.44. The Morgan fingerprint density at radius 3 is 2.64 bits per heavy atom. The van der Waals surface area contributed by atoms with Crippen molar-refractivity contribution in [2.75, 3.05) is 11.9 Å². The number of nitrogens with one attached hydrogen (secondary N) is 2. The van der Waals surface area contributed by atoms with Crippen LogP contribution in [0.3, 0.4) is 0 Å². The summed E-state index contributed by atoms with van der Waals surface area (Å²) in [6.45, 7) is 1.45. The number of rotatable bonds is 4. The lowest BCUT2D eigenvalue weighted by molar-refractivity contribution is -0.119. The Hall–Kier alpha value is -3.48. The van der Waals surface area contributed by atoms with Crippen LogP contribution >= 0.6 is 0 Å². The first-order valence-corrected chi connectivity index (χ1v) is 7.55. The van der Waals surface area contributed by atoms with E-state index in [-0.39, 0.29) is 5.69 Å². The zero-order chi connectivity index (χ0) is 17.8. The number of carbonyl (C=O) groups excluding carboxylic acids is 2. The molecule has 0 aliphatic rings. The Labute approximate surface area is 142 Å². The highest BCUT2D eigenvalue weighted by atomic mass is 16.5. The van der Waals surface area contributed by atoms with E-state index in [1.165, 1.54) is 0 Å². The van der Waals surface area contributed by atoms with E-state index >= 15 is 0 Å². The fourth-order valence-electron chi connectivity index (χ4n) is 2.39. The molecule has 0 atom stereocenters. The first kappa shape index (κ1) is 16.4. The van der Waals surface area contributed by atoms with Crippen molar-refractivity contribution in [1.29, 1.82) is 0 Å². The second kappa shape index (κ2) is 6.96. The largest absolute Gasteiger partial charge is 0.451 e. The maximum absolute atomic E-state index is 12.2. The standard InChI is InChI=1S/C18H15N3O4/c1-11-5-4-6-12(9-11)19-15(22)10-25-18(24)16-13-7-2-3-8-14(13)17(23)21-20-16/h2-9H,10H2,1H3,(H,19,22)(H,21,23). The summed E-state index contributed by atoms with van der Waals surface area (Å²) >= 11 is 0. The van der Waals surface area contributed by atoms with Gasteiger partial charge in [-0.3, -0.25) is 9.59 Å². The van der Waals surface area contributed by atoms with Crippen LogP contribution in [0.15, 0.2) is 53.3 Å². The fourth-order valence-corrected chi connectivity index (χ4v) is 2.39. The molecule has 2 aromatic carbocycles. The number of hydrogen-bond donors (Lipinski definition) is 2. The Balaban J connectivity index is 1.70. The molecule has 3 rings (SSSR count). The van der Waals surface area contributed by atoms with Crippen LogP contribution in [0.1, 0.15) is 16.1 Å². The van der Waals surface area contributed by atoms with Crippen molar-refractivity contribution in [2.45, 2.75) is 6.92 Å². The number of ether oxygens (including phenoxy) is 1. The number of aromatic amines is 1. The van der Waals surface area contributed by atoms with Crippen LogP contribution in [-0.4, -0.2) is 28.7 Å². The van der Waals surface area contributed by atoms with Gasteiger partial charge in [-0.1, -0.05) is 30.3 Å². The molecule has 0 saturated heterocycles. The summed E-state index contributed by atoms with van der Waals surface area (Å²) in [5, 5.41) is 9.33. The van der Waals surface area contributed by atoms with Crippen LogP contribution in [0.5, 0.6) is 0 Å². The van der Waals surface area contributed by atoms with Gasteiger partial charge in [0.15, 0.2) is 12.3 Å². The van der Waals surface area contributed by atoms with Crippen molar-refractivity contribution >= 4 is 28.3 Å². The molecule has 0 aliphatic heterocycles. The van der Waals surface area contributed by atoms with Gasteiger partial charge in [0.2, 0.25) is 0 Å². The summed E-state index contributed by atoms with van der Waals surface area (Å²) in [6, 6.07) is 13.8. The molecule has 7 heteroatoms. The van der Waals surface area contributed by atoms with Gasteiger partial charge in [0, 0.05) is 11.1 Å². The van der Waals surface area contributed by atoms with E-state index < -0.39 is 24.0 Å². The van der Waals surface area contributed by atoms with Crippen LogP contribution in [0.25, 0.3) is 10.8 Å². The number of hydrogen-bond acceptors (Lipinski definition) is 5. The molecule has 2 N–H and O–H groups in total. The SMILES string of the molecule is Cc1cccc(NC(=O)COC(=O)c2n[nH]c(=O)c3ccccc23)c1. The molecule has 1 amide bonds. The average Bonchev–Trinajstić information content (AvgIpc) is 2.60. The van der Waals surface area contributed by atoms with E-state index in [2.05, 4.69) is 15.5 Å². The van der Waals surface area contributed by atoms with Crippen LogP contribution in [-0.2, 0) is 9.53 Å². The molecular weight excluding hydrogens is 322 g/mol. The molecule has 0 fully saturated rings. The lowest BCUT2D eigenvalue weighted by Crippen LogP contribution is -2.22. The maximum Gasteiger partial charge on any atom is 0.359 e. The van der Waals surface area contributed by atoms with Gasteiger partial charge in [-0.15, -0.1) is 0 Å². The quantitative estimate of drug-likeness (QED) is 0.709. The molecule has 3 aromatic rings. The predicted molar refractivity (Wildman–Crippen MR) is 92.5 cm³/mol. The summed E-state index contributed by atoms with van der Waals surface area (Å²) in [7, 11) is 0.